The number of anilines is 1. The van der Waals surface area contributed by atoms with E-state index in [9.17, 15) is 9.59 Å². The number of methoxy groups -OCH3 is 2. The Morgan fingerprint density at radius 2 is 1.88 bits per heavy atom. The van der Waals surface area contributed by atoms with Crippen molar-refractivity contribution in [1.29, 1.82) is 0 Å². The highest BCUT2D eigenvalue weighted by Gasteiger charge is 2.29. The van der Waals surface area contributed by atoms with Gasteiger partial charge < -0.3 is 29.7 Å². The number of hydrogen-bond acceptors (Lipinski definition) is 9. The van der Waals surface area contributed by atoms with Crippen LogP contribution in [0.3, 0.4) is 0 Å². The minimum atomic E-state index is -0.244. The van der Waals surface area contributed by atoms with E-state index in [4.69, 9.17) is 30.8 Å². The third-order valence-electron chi connectivity index (χ3n) is 7.51. The molecule has 1 amide bonds. The first kappa shape index (κ1) is 29.8. The zero-order chi connectivity index (χ0) is 29.8. The minimum Gasteiger partial charge on any atom is -0.497 e. The van der Waals surface area contributed by atoms with E-state index in [1.807, 2.05) is 13.8 Å². The van der Waals surface area contributed by atoms with Gasteiger partial charge in [-0.2, -0.15) is 4.98 Å². The number of allylic oxidation sites excluding steroid dienone is 1. The van der Waals surface area contributed by atoms with Crippen molar-refractivity contribution in [1.82, 2.24) is 24.8 Å². The predicted octanol–water partition coefficient (Wildman–Crippen LogP) is 3.49. The van der Waals surface area contributed by atoms with E-state index in [0.717, 1.165) is 18.4 Å². The molecular formula is C30H37ClN6O5. The first-order valence-corrected chi connectivity index (χ1v) is 14.5. The highest BCUT2D eigenvalue weighted by molar-refractivity contribution is 6.35. The van der Waals surface area contributed by atoms with Crippen LogP contribution in [0.4, 0.5) is 5.95 Å². The molecule has 11 nitrogen and oxygen atoms in total. The van der Waals surface area contributed by atoms with E-state index in [1.165, 1.54) is 7.11 Å². The van der Waals surface area contributed by atoms with E-state index in [2.05, 4.69) is 15.6 Å². The molecule has 2 fully saturated rings. The SMILES string of the molecule is COc1cc(OC)c(Cl)c(-c2cc3cnc(NC4CCOCC4)nc3n(CCNC3CN(C(=O)C=C(C)C)C3)c2=O)c1. The quantitative estimate of drug-likeness (QED) is 0.339. The molecule has 4 heterocycles. The molecule has 2 saturated heterocycles. The van der Waals surface area contributed by atoms with Gasteiger partial charge in [0.1, 0.15) is 17.1 Å². The lowest BCUT2D eigenvalue weighted by Crippen LogP contribution is -2.60. The number of halogens is 1. The number of nitrogens with one attached hydrogen (secondary N) is 2. The smallest absolute Gasteiger partial charge is 0.260 e. The number of likely N-dealkylation sites (tertiary alicyclic amines) is 1. The maximum atomic E-state index is 14.1. The monoisotopic (exact) mass is 596 g/mol. The first-order valence-electron chi connectivity index (χ1n) is 14.1. The molecular weight excluding hydrogens is 560 g/mol. The normalized spacial score (nSPS) is 15.8. The lowest BCUT2D eigenvalue weighted by atomic mass is 10.0. The maximum Gasteiger partial charge on any atom is 0.260 e. The number of ether oxygens (including phenoxy) is 3. The summed E-state index contributed by atoms with van der Waals surface area (Å²) in [6, 6.07) is 5.53. The number of pyridine rings is 1. The van der Waals surface area contributed by atoms with Crippen molar-refractivity contribution in [2.45, 2.75) is 45.3 Å². The van der Waals surface area contributed by atoms with Crippen LogP contribution in [0.5, 0.6) is 11.5 Å². The molecule has 224 valence electrons. The summed E-state index contributed by atoms with van der Waals surface area (Å²) in [5.41, 5.74) is 2.14. The Balaban J connectivity index is 1.45. The Bertz CT molecular complexity index is 1540. The number of amides is 1. The second kappa shape index (κ2) is 13.1. The highest BCUT2D eigenvalue weighted by atomic mass is 35.5. The summed E-state index contributed by atoms with van der Waals surface area (Å²) in [6.45, 7) is 7.31. The van der Waals surface area contributed by atoms with Gasteiger partial charge in [-0.15, -0.1) is 0 Å². The average molecular weight is 597 g/mol. The van der Waals surface area contributed by atoms with Gasteiger partial charge in [-0.05, 0) is 38.8 Å². The van der Waals surface area contributed by atoms with Gasteiger partial charge >= 0.3 is 0 Å². The van der Waals surface area contributed by atoms with E-state index in [-0.39, 0.29) is 23.6 Å². The summed E-state index contributed by atoms with van der Waals surface area (Å²) in [7, 11) is 3.07. The molecule has 0 spiro atoms. The van der Waals surface area contributed by atoms with Crippen LogP contribution >= 0.6 is 11.6 Å². The van der Waals surface area contributed by atoms with Crippen molar-refractivity contribution in [3.63, 3.8) is 0 Å². The van der Waals surface area contributed by atoms with E-state index in [1.54, 1.807) is 47.0 Å². The summed E-state index contributed by atoms with van der Waals surface area (Å²) in [5, 5.41) is 7.88. The number of hydrogen-bond donors (Lipinski definition) is 2. The number of nitrogens with zero attached hydrogens (tertiary/aromatic N) is 4. The second-order valence-electron chi connectivity index (χ2n) is 10.8. The minimum absolute atomic E-state index is 0.0230. The second-order valence-corrected chi connectivity index (χ2v) is 11.2. The summed E-state index contributed by atoms with van der Waals surface area (Å²) in [4.78, 5) is 37.5. The molecule has 1 aromatic carbocycles. The van der Waals surface area contributed by atoms with Gasteiger partial charge in [0.05, 0.1) is 19.2 Å². The number of carbonyl (C=O) groups is 1. The zero-order valence-electron chi connectivity index (χ0n) is 24.4. The molecule has 2 aliphatic heterocycles. The molecule has 0 saturated carbocycles. The fourth-order valence-corrected chi connectivity index (χ4v) is 5.48. The topological polar surface area (TPSA) is 120 Å². The molecule has 3 aromatic rings. The molecule has 42 heavy (non-hydrogen) atoms. The summed E-state index contributed by atoms with van der Waals surface area (Å²) in [5.74, 6) is 1.41. The number of fused-ring (bicyclic) bond motifs is 1. The third-order valence-corrected chi connectivity index (χ3v) is 7.90. The van der Waals surface area contributed by atoms with Crippen molar-refractivity contribution < 1.29 is 19.0 Å². The largest absolute Gasteiger partial charge is 0.497 e. The van der Waals surface area contributed by atoms with E-state index in [0.29, 0.717) is 84.0 Å². The number of aromatic nitrogens is 3. The Labute approximate surface area is 249 Å². The van der Waals surface area contributed by atoms with Gasteiger partial charge in [0.15, 0.2) is 0 Å². The molecule has 0 unspecified atom stereocenters. The molecule has 0 atom stereocenters. The van der Waals surface area contributed by atoms with Gasteiger partial charge in [0.2, 0.25) is 11.9 Å². The van der Waals surface area contributed by atoms with Gasteiger partial charge in [0, 0.05) is 86.3 Å². The fraction of sp³-hybridized carbons (Fsp3) is 0.467. The number of carbonyl (C=O) groups excluding carboxylic acids is 1. The van der Waals surface area contributed by atoms with Crippen LogP contribution in [0.15, 0.2) is 40.8 Å². The lowest BCUT2D eigenvalue weighted by molar-refractivity contribution is -0.130. The molecule has 0 aliphatic carbocycles. The number of rotatable bonds is 10. The molecule has 0 radical (unpaired) electrons. The maximum absolute atomic E-state index is 14.1. The Morgan fingerprint density at radius 3 is 2.57 bits per heavy atom. The molecule has 2 aromatic heterocycles. The standard InChI is InChI=1S/C30H37ClN6O5/c1-18(2)11-26(38)36-16-21(17-36)32-7-8-37-28-19(15-33-30(35-28)34-20-5-9-42-10-6-20)12-24(29(37)39)23-13-22(40-3)14-25(41-4)27(23)31/h11-15,20-21,32H,5-10,16-17H2,1-4H3,(H,33,34,35). The fourth-order valence-electron chi connectivity index (χ4n) is 5.19. The lowest BCUT2D eigenvalue weighted by Gasteiger charge is -2.39. The van der Waals surface area contributed by atoms with Crippen LogP contribution in [-0.4, -0.2) is 84.5 Å². The summed E-state index contributed by atoms with van der Waals surface area (Å²) < 4.78 is 18.0. The zero-order valence-corrected chi connectivity index (χ0v) is 25.2. The van der Waals surface area contributed by atoms with Crippen LogP contribution < -0.4 is 25.7 Å². The van der Waals surface area contributed by atoms with Crippen LogP contribution in [0, 0.1) is 0 Å². The Morgan fingerprint density at radius 1 is 1.12 bits per heavy atom. The summed E-state index contributed by atoms with van der Waals surface area (Å²) in [6.07, 6.45) is 5.10. The highest BCUT2D eigenvalue weighted by Crippen LogP contribution is 2.38. The van der Waals surface area contributed by atoms with Crippen molar-refractivity contribution in [2.75, 3.05) is 52.4 Å². The number of benzene rings is 1. The van der Waals surface area contributed by atoms with Gasteiger partial charge in [-0.1, -0.05) is 17.2 Å². The molecule has 2 aliphatic rings. The molecule has 2 N–H and O–H groups in total. The summed E-state index contributed by atoms with van der Waals surface area (Å²) >= 11 is 6.70. The predicted molar refractivity (Wildman–Crippen MR) is 163 cm³/mol. The van der Waals surface area contributed by atoms with Gasteiger partial charge in [-0.25, -0.2) is 4.98 Å². The first-order chi connectivity index (χ1) is 20.3. The van der Waals surface area contributed by atoms with Crippen LogP contribution in [-0.2, 0) is 16.1 Å². The molecule has 5 rings (SSSR count). The molecule has 0 bridgehead atoms. The van der Waals surface area contributed by atoms with Crippen molar-refractivity contribution >= 4 is 34.5 Å². The van der Waals surface area contributed by atoms with Crippen molar-refractivity contribution in [3.8, 4) is 22.6 Å². The van der Waals surface area contributed by atoms with Crippen LogP contribution in [0.25, 0.3) is 22.2 Å². The van der Waals surface area contributed by atoms with Crippen molar-refractivity contribution in [3.05, 3.63) is 51.4 Å². The van der Waals surface area contributed by atoms with Gasteiger partial charge in [0.25, 0.3) is 5.56 Å². The Kier molecular flexibility index (Phi) is 9.30. The molecule has 12 heteroatoms. The third kappa shape index (κ3) is 6.53. The van der Waals surface area contributed by atoms with Crippen LogP contribution in [0.2, 0.25) is 5.02 Å². The van der Waals surface area contributed by atoms with Crippen LogP contribution in [0.1, 0.15) is 26.7 Å². The Hall–Kier alpha value is -3.67. The van der Waals surface area contributed by atoms with E-state index < -0.39 is 0 Å². The van der Waals surface area contributed by atoms with Crippen molar-refractivity contribution in [2.24, 2.45) is 0 Å². The average Bonchev–Trinajstić information content (AvgIpc) is 2.95. The van der Waals surface area contributed by atoms with Gasteiger partial charge in [-0.3, -0.25) is 14.2 Å². The van der Waals surface area contributed by atoms with E-state index >= 15 is 0 Å².